The number of methoxy groups -OCH3 is 1. The van der Waals surface area contributed by atoms with Gasteiger partial charge in [-0.05, 0) is 30.5 Å². The summed E-state index contributed by atoms with van der Waals surface area (Å²) >= 11 is 0. The van der Waals surface area contributed by atoms with Crippen LogP contribution in [0.1, 0.15) is 22.3 Å². The molecule has 0 aromatic heterocycles. The summed E-state index contributed by atoms with van der Waals surface area (Å²) < 4.78 is 10.7. The standard InChI is InChI=1S/C18H18O3/c1-12-9-10-15(13(2)11-12)18(14-7-5-4-6-8-14)16(21-18)17(19)20-3/h4-11,16H,1-3H3/t16-,18-/m1/s1. The molecule has 1 saturated heterocycles. The minimum Gasteiger partial charge on any atom is -0.467 e. The van der Waals surface area contributed by atoms with Crippen LogP contribution in [0.15, 0.2) is 48.5 Å². The first-order valence-corrected chi connectivity index (χ1v) is 6.98. The van der Waals surface area contributed by atoms with Gasteiger partial charge in [-0.15, -0.1) is 0 Å². The molecule has 3 nitrogen and oxygen atoms in total. The number of carbonyl (C=O) groups excluding carboxylic acids is 1. The van der Waals surface area contributed by atoms with Crippen LogP contribution in [0.4, 0.5) is 0 Å². The SMILES string of the molecule is COC(=O)[C@H]1O[C@]1(c1ccccc1)c1ccc(C)cc1C. The van der Waals surface area contributed by atoms with E-state index >= 15 is 0 Å². The summed E-state index contributed by atoms with van der Waals surface area (Å²) in [7, 11) is 1.39. The third-order valence-corrected chi connectivity index (χ3v) is 4.02. The zero-order valence-electron chi connectivity index (χ0n) is 12.4. The second-order valence-corrected chi connectivity index (χ2v) is 5.44. The Morgan fingerprint density at radius 1 is 1.14 bits per heavy atom. The van der Waals surface area contributed by atoms with E-state index in [4.69, 9.17) is 9.47 Å². The molecule has 1 fully saturated rings. The highest BCUT2D eigenvalue weighted by atomic mass is 16.7. The molecular weight excluding hydrogens is 264 g/mol. The van der Waals surface area contributed by atoms with E-state index in [0.29, 0.717) is 0 Å². The Hall–Kier alpha value is -2.13. The molecule has 108 valence electrons. The van der Waals surface area contributed by atoms with E-state index in [2.05, 4.69) is 13.0 Å². The van der Waals surface area contributed by atoms with E-state index in [1.807, 2.05) is 49.4 Å². The summed E-state index contributed by atoms with van der Waals surface area (Å²) in [6.45, 7) is 4.10. The second-order valence-electron chi connectivity index (χ2n) is 5.44. The summed E-state index contributed by atoms with van der Waals surface area (Å²) in [6, 6.07) is 16.0. The Kier molecular flexibility index (Phi) is 3.30. The normalized spacial score (nSPS) is 23.7. The molecule has 3 rings (SSSR count). The molecule has 0 amide bonds. The second kappa shape index (κ2) is 5.01. The maximum Gasteiger partial charge on any atom is 0.338 e. The van der Waals surface area contributed by atoms with Gasteiger partial charge in [-0.2, -0.15) is 0 Å². The van der Waals surface area contributed by atoms with Gasteiger partial charge in [0.25, 0.3) is 0 Å². The maximum atomic E-state index is 12.0. The number of rotatable bonds is 3. The molecule has 1 heterocycles. The first-order chi connectivity index (χ1) is 10.1. The van der Waals surface area contributed by atoms with Crippen LogP contribution in [-0.2, 0) is 19.9 Å². The van der Waals surface area contributed by atoms with Gasteiger partial charge in [0.2, 0.25) is 0 Å². The van der Waals surface area contributed by atoms with Crippen molar-refractivity contribution in [1.82, 2.24) is 0 Å². The van der Waals surface area contributed by atoms with Gasteiger partial charge in [0, 0.05) is 0 Å². The summed E-state index contributed by atoms with van der Waals surface area (Å²) in [4.78, 5) is 12.0. The monoisotopic (exact) mass is 282 g/mol. The molecule has 0 aliphatic carbocycles. The average molecular weight is 282 g/mol. The van der Waals surface area contributed by atoms with Crippen molar-refractivity contribution in [3.63, 3.8) is 0 Å². The number of esters is 1. The highest BCUT2D eigenvalue weighted by Crippen LogP contribution is 2.53. The zero-order chi connectivity index (χ0) is 15.0. The fourth-order valence-electron chi connectivity index (χ4n) is 2.97. The molecule has 2 atom stereocenters. The van der Waals surface area contributed by atoms with Gasteiger partial charge in [-0.3, -0.25) is 0 Å². The van der Waals surface area contributed by atoms with Crippen molar-refractivity contribution in [2.45, 2.75) is 25.6 Å². The predicted octanol–water partition coefficient (Wildman–Crippen LogP) is 3.12. The Morgan fingerprint density at radius 3 is 2.48 bits per heavy atom. The minimum atomic E-state index is -0.716. The van der Waals surface area contributed by atoms with Crippen molar-refractivity contribution in [3.8, 4) is 0 Å². The quantitative estimate of drug-likeness (QED) is 0.641. The summed E-state index contributed by atoms with van der Waals surface area (Å²) in [5.74, 6) is -0.334. The van der Waals surface area contributed by atoms with Crippen molar-refractivity contribution in [2.24, 2.45) is 0 Å². The molecule has 0 saturated carbocycles. The highest BCUT2D eigenvalue weighted by molar-refractivity contribution is 5.81. The molecule has 21 heavy (non-hydrogen) atoms. The molecule has 3 heteroatoms. The molecule has 0 N–H and O–H groups in total. The van der Waals surface area contributed by atoms with E-state index in [-0.39, 0.29) is 5.97 Å². The largest absolute Gasteiger partial charge is 0.467 e. The lowest BCUT2D eigenvalue weighted by Gasteiger charge is -2.17. The van der Waals surface area contributed by atoms with E-state index < -0.39 is 11.7 Å². The third kappa shape index (κ3) is 2.14. The van der Waals surface area contributed by atoms with Crippen molar-refractivity contribution >= 4 is 5.97 Å². The van der Waals surface area contributed by atoms with Crippen molar-refractivity contribution in [2.75, 3.05) is 7.11 Å². The maximum absolute atomic E-state index is 12.0. The van der Waals surface area contributed by atoms with Crippen LogP contribution < -0.4 is 0 Å². The number of hydrogen-bond donors (Lipinski definition) is 0. The smallest absolute Gasteiger partial charge is 0.338 e. The average Bonchev–Trinajstić information content (AvgIpc) is 3.24. The van der Waals surface area contributed by atoms with Gasteiger partial charge < -0.3 is 9.47 Å². The Balaban J connectivity index is 2.13. The van der Waals surface area contributed by atoms with Gasteiger partial charge in [0.05, 0.1) is 7.11 Å². The van der Waals surface area contributed by atoms with Crippen LogP contribution in [0.3, 0.4) is 0 Å². The Bertz CT molecular complexity index is 678. The van der Waals surface area contributed by atoms with E-state index in [1.54, 1.807) is 0 Å². The van der Waals surface area contributed by atoms with Gasteiger partial charge in [-0.1, -0.05) is 54.1 Å². The van der Waals surface area contributed by atoms with Crippen LogP contribution in [-0.4, -0.2) is 19.2 Å². The molecule has 2 aromatic carbocycles. The Morgan fingerprint density at radius 2 is 1.86 bits per heavy atom. The van der Waals surface area contributed by atoms with E-state index in [1.165, 1.54) is 12.7 Å². The van der Waals surface area contributed by atoms with Crippen molar-refractivity contribution < 1.29 is 14.3 Å². The number of carbonyl (C=O) groups is 1. The molecule has 1 aliphatic heterocycles. The molecule has 2 aromatic rings. The summed E-state index contributed by atoms with van der Waals surface area (Å²) in [6.07, 6.45) is -0.577. The van der Waals surface area contributed by atoms with Gasteiger partial charge in [0.15, 0.2) is 11.7 Å². The molecule has 0 radical (unpaired) electrons. The zero-order valence-corrected chi connectivity index (χ0v) is 12.4. The lowest BCUT2D eigenvalue weighted by atomic mass is 9.85. The Labute approximate surface area is 124 Å². The molecule has 1 aliphatic rings. The van der Waals surface area contributed by atoms with Crippen LogP contribution in [0.25, 0.3) is 0 Å². The third-order valence-electron chi connectivity index (χ3n) is 4.02. The number of hydrogen-bond acceptors (Lipinski definition) is 3. The topological polar surface area (TPSA) is 38.8 Å². The van der Waals surface area contributed by atoms with Crippen molar-refractivity contribution in [3.05, 3.63) is 70.8 Å². The summed E-state index contributed by atoms with van der Waals surface area (Å²) in [5.41, 5.74) is 3.59. The van der Waals surface area contributed by atoms with Gasteiger partial charge in [0.1, 0.15) is 0 Å². The van der Waals surface area contributed by atoms with E-state index in [0.717, 1.165) is 16.7 Å². The highest BCUT2D eigenvalue weighted by Gasteiger charge is 2.64. The number of epoxide rings is 1. The predicted molar refractivity (Wildman–Crippen MR) is 80.0 cm³/mol. The van der Waals surface area contributed by atoms with Crippen LogP contribution in [0, 0.1) is 13.8 Å². The fourth-order valence-corrected chi connectivity index (χ4v) is 2.97. The van der Waals surface area contributed by atoms with Gasteiger partial charge in [-0.25, -0.2) is 4.79 Å². The van der Waals surface area contributed by atoms with Crippen LogP contribution >= 0.6 is 0 Å². The van der Waals surface area contributed by atoms with Gasteiger partial charge >= 0.3 is 5.97 Å². The summed E-state index contributed by atoms with van der Waals surface area (Å²) in [5, 5.41) is 0. The van der Waals surface area contributed by atoms with Crippen molar-refractivity contribution in [1.29, 1.82) is 0 Å². The van der Waals surface area contributed by atoms with Crippen LogP contribution in [0.2, 0.25) is 0 Å². The lowest BCUT2D eigenvalue weighted by Crippen LogP contribution is -2.22. The first kappa shape index (κ1) is 13.8. The minimum absolute atomic E-state index is 0.334. The molecule has 0 bridgehead atoms. The fraction of sp³-hybridized carbons (Fsp3) is 0.278. The first-order valence-electron chi connectivity index (χ1n) is 6.98. The lowest BCUT2D eigenvalue weighted by molar-refractivity contribution is -0.142. The number of ether oxygens (including phenoxy) is 2. The molecule has 0 spiro atoms. The molecular formula is C18H18O3. The number of aryl methyl sites for hydroxylation is 2. The van der Waals surface area contributed by atoms with Crippen LogP contribution in [0.5, 0.6) is 0 Å². The van der Waals surface area contributed by atoms with E-state index in [9.17, 15) is 4.79 Å². The number of benzene rings is 2. The molecule has 0 unspecified atom stereocenters.